The highest BCUT2D eigenvalue weighted by atomic mass is 79.9. The van der Waals surface area contributed by atoms with Crippen LogP contribution in [-0.4, -0.2) is 15.1 Å². The molecule has 0 saturated carbocycles. The zero-order valence-electron chi connectivity index (χ0n) is 8.50. The largest absolute Gasteiger partial charge is 0.270 e. The van der Waals surface area contributed by atoms with Crippen LogP contribution in [0.4, 0.5) is 0 Å². The third-order valence-electron chi connectivity index (χ3n) is 2.11. The summed E-state index contributed by atoms with van der Waals surface area (Å²) in [4.78, 5) is 0. The Balaban J connectivity index is 2.80. The van der Waals surface area contributed by atoms with Gasteiger partial charge < -0.3 is 0 Å². The Bertz CT molecular complexity index is 338. The Morgan fingerprint density at radius 1 is 1.71 bits per heavy atom. The fourth-order valence-corrected chi connectivity index (χ4v) is 1.80. The number of aryl methyl sites for hydroxylation is 2. The van der Waals surface area contributed by atoms with Crippen molar-refractivity contribution in [2.75, 3.05) is 5.33 Å². The zero-order valence-corrected chi connectivity index (χ0v) is 10.1. The van der Waals surface area contributed by atoms with Crippen LogP contribution in [0, 0.1) is 24.2 Å². The molecule has 0 N–H and O–H groups in total. The van der Waals surface area contributed by atoms with Gasteiger partial charge in [0.05, 0.1) is 17.7 Å². The van der Waals surface area contributed by atoms with Crippen molar-refractivity contribution < 1.29 is 0 Å². The first-order chi connectivity index (χ1) is 6.71. The molecule has 0 spiro atoms. The fourth-order valence-electron chi connectivity index (χ4n) is 1.42. The lowest BCUT2D eigenvalue weighted by molar-refractivity contribution is 0.592. The first-order valence-corrected chi connectivity index (χ1v) is 5.82. The van der Waals surface area contributed by atoms with Crippen molar-refractivity contribution >= 4 is 15.9 Å². The van der Waals surface area contributed by atoms with E-state index in [1.165, 1.54) is 0 Å². The van der Waals surface area contributed by atoms with Crippen LogP contribution in [0.1, 0.15) is 18.3 Å². The number of alkyl halides is 1. The van der Waals surface area contributed by atoms with Crippen LogP contribution in [0.25, 0.3) is 0 Å². The highest BCUT2D eigenvalue weighted by molar-refractivity contribution is 9.09. The molecule has 1 aromatic rings. The third-order valence-corrected chi connectivity index (χ3v) is 2.89. The highest BCUT2D eigenvalue weighted by Gasteiger charge is 2.11. The molecule has 0 saturated heterocycles. The van der Waals surface area contributed by atoms with Crippen molar-refractivity contribution in [3.05, 3.63) is 17.5 Å². The standard InChI is InChI=1S/C10H14BrN3/c1-3-14-10(4-8(2)13-14)5-9(6-11)7-12/h4,9H,3,5-6H2,1-2H3. The van der Waals surface area contributed by atoms with E-state index in [0.717, 1.165) is 29.7 Å². The second-order valence-corrected chi connectivity index (χ2v) is 3.92. The van der Waals surface area contributed by atoms with Crippen LogP contribution in [0.15, 0.2) is 6.07 Å². The molecule has 0 aliphatic carbocycles. The molecule has 1 heterocycles. The molecule has 1 unspecified atom stereocenters. The van der Waals surface area contributed by atoms with Crippen LogP contribution >= 0.6 is 15.9 Å². The van der Waals surface area contributed by atoms with E-state index in [9.17, 15) is 0 Å². The van der Waals surface area contributed by atoms with E-state index < -0.39 is 0 Å². The van der Waals surface area contributed by atoms with E-state index in [2.05, 4.69) is 40.1 Å². The van der Waals surface area contributed by atoms with Gasteiger partial charge in [0.25, 0.3) is 0 Å². The summed E-state index contributed by atoms with van der Waals surface area (Å²) in [7, 11) is 0. The minimum absolute atomic E-state index is 0.0383. The van der Waals surface area contributed by atoms with Gasteiger partial charge in [-0.3, -0.25) is 4.68 Å². The van der Waals surface area contributed by atoms with Crippen molar-refractivity contribution in [1.82, 2.24) is 9.78 Å². The monoisotopic (exact) mass is 255 g/mol. The van der Waals surface area contributed by atoms with Crippen LogP contribution < -0.4 is 0 Å². The molecule has 76 valence electrons. The molecule has 3 nitrogen and oxygen atoms in total. The van der Waals surface area contributed by atoms with Gasteiger partial charge in [0.2, 0.25) is 0 Å². The summed E-state index contributed by atoms with van der Waals surface area (Å²) < 4.78 is 1.96. The molecule has 1 atom stereocenters. The van der Waals surface area contributed by atoms with E-state index in [-0.39, 0.29) is 5.92 Å². The number of halogens is 1. The molecule has 0 aromatic carbocycles. The van der Waals surface area contributed by atoms with E-state index in [1.54, 1.807) is 0 Å². The molecular weight excluding hydrogens is 242 g/mol. The summed E-state index contributed by atoms with van der Waals surface area (Å²) in [6.07, 6.45) is 0.774. The summed E-state index contributed by atoms with van der Waals surface area (Å²) in [6, 6.07) is 4.32. The second kappa shape index (κ2) is 5.16. The summed E-state index contributed by atoms with van der Waals surface area (Å²) in [6.45, 7) is 4.90. The maximum absolute atomic E-state index is 8.85. The number of rotatable bonds is 4. The average molecular weight is 256 g/mol. The molecule has 0 aliphatic rings. The second-order valence-electron chi connectivity index (χ2n) is 3.28. The van der Waals surface area contributed by atoms with Crippen molar-refractivity contribution in [3.8, 4) is 6.07 Å². The van der Waals surface area contributed by atoms with E-state index in [4.69, 9.17) is 5.26 Å². The van der Waals surface area contributed by atoms with Crippen LogP contribution in [0.3, 0.4) is 0 Å². The number of nitrogens with zero attached hydrogens (tertiary/aromatic N) is 3. The third kappa shape index (κ3) is 2.58. The number of hydrogen-bond donors (Lipinski definition) is 0. The first-order valence-electron chi connectivity index (χ1n) is 4.70. The normalized spacial score (nSPS) is 12.4. The Morgan fingerprint density at radius 2 is 2.43 bits per heavy atom. The quantitative estimate of drug-likeness (QED) is 0.775. The molecule has 4 heteroatoms. The molecule has 0 radical (unpaired) electrons. The van der Waals surface area contributed by atoms with E-state index in [1.807, 2.05) is 11.6 Å². The molecule has 0 fully saturated rings. The fraction of sp³-hybridized carbons (Fsp3) is 0.600. The van der Waals surface area contributed by atoms with E-state index in [0.29, 0.717) is 0 Å². The van der Waals surface area contributed by atoms with Crippen molar-refractivity contribution in [3.63, 3.8) is 0 Å². The van der Waals surface area contributed by atoms with Crippen LogP contribution in [0.5, 0.6) is 0 Å². The molecule has 14 heavy (non-hydrogen) atoms. The Hall–Kier alpha value is -0.820. The summed E-state index contributed by atoms with van der Waals surface area (Å²) in [5.74, 6) is 0.0383. The molecular formula is C10H14BrN3. The lowest BCUT2D eigenvalue weighted by atomic mass is 10.1. The summed E-state index contributed by atoms with van der Waals surface area (Å²) in [5.41, 5.74) is 2.17. The lowest BCUT2D eigenvalue weighted by Gasteiger charge is -2.06. The minimum Gasteiger partial charge on any atom is -0.270 e. The minimum atomic E-state index is 0.0383. The summed E-state index contributed by atoms with van der Waals surface area (Å²) >= 11 is 3.33. The predicted molar refractivity (Wildman–Crippen MR) is 59.2 cm³/mol. The van der Waals surface area contributed by atoms with Crippen molar-refractivity contribution in [2.24, 2.45) is 5.92 Å². The average Bonchev–Trinajstić information content (AvgIpc) is 2.55. The SMILES string of the molecule is CCn1nc(C)cc1CC(C#N)CBr. The molecule has 0 amide bonds. The van der Waals surface area contributed by atoms with Crippen LogP contribution in [0.2, 0.25) is 0 Å². The summed E-state index contributed by atoms with van der Waals surface area (Å²) in [5, 5.41) is 13.9. The van der Waals surface area contributed by atoms with Gasteiger partial charge in [0, 0.05) is 24.0 Å². The van der Waals surface area contributed by atoms with Gasteiger partial charge >= 0.3 is 0 Å². The maximum atomic E-state index is 8.85. The number of nitriles is 1. The molecule has 0 aliphatic heterocycles. The van der Waals surface area contributed by atoms with Gasteiger partial charge in [-0.1, -0.05) is 15.9 Å². The van der Waals surface area contributed by atoms with Gasteiger partial charge in [-0.15, -0.1) is 0 Å². The predicted octanol–water partition coefficient (Wildman–Crippen LogP) is 2.29. The van der Waals surface area contributed by atoms with Gasteiger partial charge in [-0.25, -0.2) is 0 Å². The van der Waals surface area contributed by atoms with E-state index >= 15 is 0 Å². The maximum Gasteiger partial charge on any atom is 0.0668 e. The Morgan fingerprint density at radius 3 is 2.93 bits per heavy atom. The van der Waals surface area contributed by atoms with Gasteiger partial charge in [0.15, 0.2) is 0 Å². The highest BCUT2D eigenvalue weighted by Crippen LogP contribution is 2.12. The molecule has 0 bridgehead atoms. The first kappa shape index (κ1) is 11.3. The van der Waals surface area contributed by atoms with Crippen molar-refractivity contribution in [2.45, 2.75) is 26.8 Å². The van der Waals surface area contributed by atoms with Gasteiger partial charge in [-0.05, 0) is 19.9 Å². The molecule has 1 aromatic heterocycles. The van der Waals surface area contributed by atoms with Crippen molar-refractivity contribution in [1.29, 1.82) is 5.26 Å². The smallest absolute Gasteiger partial charge is 0.0668 e. The Kier molecular flexibility index (Phi) is 4.15. The topological polar surface area (TPSA) is 41.6 Å². The van der Waals surface area contributed by atoms with Gasteiger partial charge in [-0.2, -0.15) is 10.4 Å². The number of aromatic nitrogens is 2. The number of hydrogen-bond acceptors (Lipinski definition) is 2. The zero-order chi connectivity index (χ0) is 10.6. The lowest BCUT2D eigenvalue weighted by Crippen LogP contribution is -2.09. The molecule has 1 rings (SSSR count). The Labute approximate surface area is 92.9 Å². The van der Waals surface area contributed by atoms with Gasteiger partial charge in [0.1, 0.15) is 0 Å². The van der Waals surface area contributed by atoms with Crippen LogP contribution in [-0.2, 0) is 13.0 Å².